The van der Waals surface area contributed by atoms with E-state index in [0.717, 1.165) is 30.4 Å². The van der Waals surface area contributed by atoms with Crippen LogP contribution in [0.3, 0.4) is 0 Å². The molecule has 5 atom stereocenters. The largest absolute Gasteiger partial charge is 0.363 e. The number of carbonyl (C=O) groups is 6. The zero-order valence-corrected chi connectivity index (χ0v) is 31.3. The Bertz CT molecular complexity index is 1440. The van der Waals surface area contributed by atoms with Gasteiger partial charge in [0.25, 0.3) is 5.91 Å². The number of nitrogens with zero attached hydrogens (tertiary/aromatic N) is 1. The predicted octanol–water partition coefficient (Wildman–Crippen LogP) is 3.15. The van der Waals surface area contributed by atoms with Gasteiger partial charge in [0.15, 0.2) is 0 Å². The normalized spacial score (nSPS) is 21.4. The van der Waals surface area contributed by atoms with Crippen LogP contribution in [0.4, 0.5) is 4.79 Å². The molecule has 1 heterocycles. The molecule has 6 N–H and O–H groups in total. The number of nitrogens with one attached hydrogen (secondary N) is 4. The average Bonchev–Trinajstić information content (AvgIpc) is 3.63. The number of primary amides is 1. The van der Waals surface area contributed by atoms with Gasteiger partial charge in [-0.15, -0.1) is 23.2 Å². The summed E-state index contributed by atoms with van der Waals surface area (Å²) in [5.41, 5.74) is 6.21. The van der Waals surface area contributed by atoms with Crippen molar-refractivity contribution in [3.63, 3.8) is 0 Å². The summed E-state index contributed by atoms with van der Waals surface area (Å²) in [6, 6.07) is 2.86. The van der Waals surface area contributed by atoms with E-state index >= 15 is 0 Å². The van der Waals surface area contributed by atoms with E-state index in [1.165, 1.54) is 4.90 Å². The van der Waals surface area contributed by atoms with E-state index in [0.29, 0.717) is 12.8 Å². The number of benzene rings is 1. The van der Waals surface area contributed by atoms with Crippen LogP contribution in [-0.2, 0) is 36.8 Å². The van der Waals surface area contributed by atoms with Crippen molar-refractivity contribution in [3.8, 4) is 0 Å². The molecule has 2 aliphatic carbocycles. The van der Waals surface area contributed by atoms with Crippen molar-refractivity contribution >= 4 is 58.6 Å². The first-order valence-corrected chi connectivity index (χ1v) is 18.3. The molecule has 1 saturated carbocycles. The lowest BCUT2D eigenvalue weighted by Gasteiger charge is -2.35. The van der Waals surface area contributed by atoms with Gasteiger partial charge in [-0.2, -0.15) is 0 Å². The molecule has 0 bridgehead atoms. The summed E-state index contributed by atoms with van der Waals surface area (Å²) in [5.74, 6) is -4.22. The summed E-state index contributed by atoms with van der Waals surface area (Å²) in [5, 5.41) is 11.3. The Morgan fingerprint density at radius 2 is 1.50 bits per heavy atom. The Morgan fingerprint density at radius 1 is 0.900 bits per heavy atom. The van der Waals surface area contributed by atoms with Crippen LogP contribution in [0.25, 0.3) is 0 Å². The molecule has 12 nitrogen and oxygen atoms in total. The van der Waals surface area contributed by atoms with Gasteiger partial charge in [-0.1, -0.05) is 64.3 Å². The number of alkyl halides is 2. The molecule has 1 aliphatic heterocycles. The fourth-order valence-corrected chi connectivity index (χ4v) is 7.46. The molecular weight excluding hydrogens is 683 g/mol. The third-order valence-electron chi connectivity index (χ3n) is 9.95. The molecular formula is C36H52Cl2N6O6. The zero-order chi connectivity index (χ0) is 37.1. The summed E-state index contributed by atoms with van der Waals surface area (Å²) < 4.78 is 0. The standard InChI is InChI=1S/C36H52Cl2N6O6/c1-35(2,3)28(32(48)43-36(4,5)6)42-34(50)41-26(22-15-20-12-7-8-13-21(20)16-22)33(49)44-18-23(29(37)38)17-25(44)31(47)40-24(27(45)30(39)46)14-19-10-9-11-19/h7-8,12-13,19,22-26,28-29H,9-11,14-18H2,1-6H3,(H2,39,46)(H,40,47)(H,43,48)(H2,41,42,50)/t23-,24?,25+,26+,28-/m1/s1. The molecule has 3 aliphatic rings. The van der Waals surface area contributed by atoms with Crippen molar-refractivity contribution in [1.29, 1.82) is 0 Å². The number of rotatable bonds is 12. The smallest absolute Gasteiger partial charge is 0.316 e. The van der Waals surface area contributed by atoms with Crippen LogP contribution in [0.15, 0.2) is 24.3 Å². The number of ketones is 1. The van der Waals surface area contributed by atoms with Crippen molar-refractivity contribution in [2.45, 2.75) is 121 Å². The maximum Gasteiger partial charge on any atom is 0.316 e. The van der Waals surface area contributed by atoms with Crippen LogP contribution in [0.1, 0.15) is 84.8 Å². The van der Waals surface area contributed by atoms with Gasteiger partial charge in [0.05, 0.1) is 6.04 Å². The Kier molecular flexibility index (Phi) is 12.5. The van der Waals surface area contributed by atoms with E-state index < -0.39 is 75.4 Å². The number of likely N-dealkylation sites (tertiary alicyclic amines) is 1. The number of urea groups is 1. The first-order valence-electron chi connectivity index (χ1n) is 17.4. The monoisotopic (exact) mass is 734 g/mol. The Hall–Kier alpha value is -3.38. The van der Waals surface area contributed by atoms with E-state index in [9.17, 15) is 28.8 Å². The summed E-state index contributed by atoms with van der Waals surface area (Å²) in [6.07, 6.45) is 4.13. The molecule has 4 rings (SSSR count). The summed E-state index contributed by atoms with van der Waals surface area (Å²) in [4.78, 5) is 80.7. The molecule has 1 aromatic rings. The van der Waals surface area contributed by atoms with Gasteiger partial charge in [-0.25, -0.2) is 4.79 Å². The summed E-state index contributed by atoms with van der Waals surface area (Å²) >= 11 is 12.6. The lowest BCUT2D eigenvalue weighted by molar-refractivity contribution is -0.143. The Balaban J connectivity index is 1.62. The van der Waals surface area contributed by atoms with E-state index in [-0.39, 0.29) is 37.1 Å². The molecule has 1 aromatic carbocycles. The lowest BCUT2D eigenvalue weighted by atomic mass is 9.80. The van der Waals surface area contributed by atoms with Gasteiger partial charge < -0.3 is 31.9 Å². The van der Waals surface area contributed by atoms with Crippen molar-refractivity contribution in [2.24, 2.45) is 28.9 Å². The second-order valence-corrected chi connectivity index (χ2v) is 17.4. The molecule has 2 fully saturated rings. The minimum absolute atomic E-state index is 0.0315. The zero-order valence-electron chi connectivity index (χ0n) is 29.8. The fourth-order valence-electron chi connectivity index (χ4n) is 7.10. The number of halogens is 2. The van der Waals surface area contributed by atoms with Crippen LogP contribution >= 0.6 is 23.2 Å². The van der Waals surface area contributed by atoms with E-state index in [4.69, 9.17) is 28.9 Å². The van der Waals surface area contributed by atoms with Gasteiger partial charge in [-0.3, -0.25) is 24.0 Å². The molecule has 0 spiro atoms. The Labute approximate surface area is 304 Å². The number of amides is 6. The lowest BCUT2D eigenvalue weighted by Crippen LogP contribution is -2.62. The maximum absolute atomic E-state index is 14.7. The van der Waals surface area contributed by atoms with Crippen LogP contribution < -0.4 is 27.0 Å². The van der Waals surface area contributed by atoms with Gasteiger partial charge in [0.1, 0.15) is 23.0 Å². The first-order chi connectivity index (χ1) is 23.2. The highest BCUT2D eigenvalue weighted by molar-refractivity contribution is 6.44. The molecule has 6 amide bonds. The van der Waals surface area contributed by atoms with Gasteiger partial charge in [0.2, 0.25) is 23.5 Å². The van der Waals surface area contributed by atoms with Gasteiger partial charge >= 0.3 is 6.03 Å². The number of hydrogen-bond donors (Lipinski definition) is 5. The number of nitrogens with two attached hydrogens (primary N) is 1. The summed E-state index contributed by atoms with van der Waals surface area (Å²) in [6.45, 7) is 11.1. The molecule has 50 heavy (non-hydrogen) atoms. The summed E-state index contributed by atoms with van der Waals surface area (Å²) in [7, 11) is 0. The second kappa shape index (κ2) is 15.9. The Morgan fingerprint density at radius 3 is 1.98 bits per heavy atom. The van der Waals surface area contributed by atoms with Crippen molar-refractivity contribution in [2.75, 3.05) is 6.54 Å². The maximum atomic E-state index is 14.7. The van der Waals surface area contributed by atoms with Crippen molar-refractivity contribution < 1.29 is 28.8 Å². The predicted molar refractivity (Wildman–Crippen MR) is 191 cm³/mol. The molecule has 0 radical (unpaired) electrons. The second-order valence-electron chi connectivity index (χ2n) is 16.2. The minimum atomic E-state index is -1.14. The van der Waals surface area contributed by atoms with Crippen molar-refractivity contribution in [1.82, 2.24) is 26.2 Å². The van der Waals surface area contributed by atoms with E-state index in [1.54, 1.807) is 0 Å². The molecule has 1 unspecified atom stereocenters. The highest BCUT2D eigenvalue weighted by Crippen LogP contribution is 2.35. The average molecular weight is 736 g/mol. The number of hydrogen-bond acceptors (Lipinski definition) is 6. The van der Waals surface area contributed by atoms with Crippen LogP contribution in [0, 0.1) is 23.2 Å². The quantitative estimate of drug-likeness (QED) is 0.163. The van der Waals surface area contributed by atoms with Crippen LogP contribution in [-0.4, -0.2) is 81.4 Å². The van der Waals surface area contributed by atoms with Crippen LogP contribution in [0.5, 0.6) is 0 Å². The fraction of sp³-hybridized carbons (Fsp3) is 0.667. The first kappa shape index (κ1) is 39.4. The third-order valence-corrected chi connectivity index (χ3v) is 10.7. The highest BCUT2D eigenvalue weighted by atomic mass is 35.5. The van der Waals surface area contributed by atoms with Gasteiger partial charge in [0, 0.05) is 18.0 Å². The molecule has 276 valence electrons. The number of carbonyl (C=O) groups excluding carboxylic acids is 6. The number of fused-ring (bicyclic) bond motifs is 1. The molecule has 1 saturated heterocycles. The SMILES string of the molecule is CC(C)(C)NC(=O)[C@@H](NC(=O)N[C@H](C(=O)N1C[C@H](C(Cl)Cl)C[C@H]1C(=O)NC(CC1CCC1)C(=O)C(N)=O)C1Cc2ccccc2C1)C(C)(C)C. The minimum Gasteiger partial charge on any atom is -0.363 e. The topological polar surface area (TPSA) is 180 Å². The third kappa shape index (κ3) is 9.90. The van der Waals surface area contributed by atoms with E-state index in [2.05, 4.69) is 21.3 Å². The number of Topliss-reactive ketones (excluding diaryl/α,β-unsaturated/α-hetero) is 1. The molecule has 0 aromatic heterocycles. The highest BCUT2D eigenvalue weighted by Gasteiger charge is 2.47. The molecule has 14 heteroatoms. The van der Waals surface area contributed by atoms with Gasteiger partial charge in [-0.05, 0) is 74.8 Å². The van der Waals surface area contributed by atoms with E-state index in [1.807, 2.05) is 65.8 Å². The van der Waals surface area contributed by atoms with Crippen LogP contribution in [0.2, 0.25) is 0 Å². The van der Waals surface area contributed by atoms with Crippen molar-refractivity contribution in [3.05, 3.63) is 35.4 Å².